The molecular formula is C97H126F8N20O12S4. The third-order valence-corrected chi connectivity index (χ3v) is 30.5. The van der Waals surface area contributed by atoms with Gasteiger partial charge in [0.25, 0.3) is 70.9 Å². The fourth-order valence-electron chi connectivity index (χ4n) is 18.7. The van der Waals surface area contributed by atoms with E-state index in [1.165, 1.54) is 0 Å². The van der Waals surface area contributed by atoms with Crippen molar-refractivity contribution in [3.05, 3.63) is 114 Å². The molecule has 0 unspecified atom stereocenters. The van der Waals surface area contributed by atoms with E-state index < -0.39 is 171 Å². The molecule has 12 heterocycles. The molecule has 8 amide bonds. The zero-order valence-electron chi connectivity index (χ0n) is 81.8. The topological polar surface area (TPSA) is 430 Å². The maximum Gasteiger partial charge on any atom is 0.280 e. The smallest absolute Gasteiger partial charge is 0.280 e. The largest absolute Gasteiger partial charge is 0.393 e. The first-order valence-corrected chi connectivity index (χ1v) is 51.3. The summed E-state index contributed by atoms with van der Waals surface area (Å²) in [5, 5.41) is 64.5. The zero-order valence-corrected chi connectivity index (χ0v) is 85.0. The van der Waals surface area contributed by atoms with Crippen LogP contribution in [-0.4, -0.2) is 274 Å². The maximum absolute atomic E-state index is 14.1. The highest BCUT2D eigenvalue weighted by molar-refractivity contribution is 7.18. The first-order valence-electron chi connectivity index (χ1n) is 48.0. The van der Waals surface area contributed by atoms with E-state index in [1.54, 1.807) is 52.5 Å². The summed E-state index contributed by atoms with van der Waals surface area (Å²) < 4.78 is 112. The van der Waals surface area contributed by atoms with Crippen LogP contribution in [0.2, 0.25) is 0 Å². The van der Waals surface area contributed by atoms with Gasteiger partial charge >= 0.3 is 0 Å². The van der Waals surface area contributed by atoms with Crippen LogP contribution in [0.5, 0.6) is 0 Å². The average molecular weight is 2040 g/mol. The highest BCUT2D eigenvalue weighted by Gasteiger charge is 2.51. The number of aliphatic hydroxyl groups is 4. The van der Waals surface area contributed by atoms with E-state index in [-0.39, 0.29) is 91.1 Å². The molecule has 32 nitrogen and oxygen atoms in total. The van der Waals surface area contributed by atoms with E-state index in [0.717, 1.165) is 113 Å². The molecule has 4 aliphatic carbocycles. The molecule has 44 heteroatoms. The Morgan fingerprint density at radius 3 is 0.823 bits per heavy atom. The predicted molar refractivity (Wildman–Crippen MR) is 525 cm³/mol. The number of pyridine rings is 4. The van der Waals surface area contributed by atoms with Gasteiger partial charge in [0.05, 0.1) is 88.2 Å². The molecular weight excluding hydrogens is 1920 g/mol. The summed E-state index contributed by atoms with van der Waals surface area (Å²) in [5.41, 5.74) is 5.56. The number of hydrogen-bond donors (Lipinski definition) is 12. The minimum Gasteiger partial charge on any atom is -0.393 e. The summed E-state index contributed by atoms with van der Waals surface area (Å²) in [5.74, 6) is -13.6. The second-order valence-electron chi connectivity index (χ2n) is 39.4. The predicted octanol–water partition coefficient (Wildman–Crippen LogP) is 15.8. The van der Waals surface area contributed by atoms with Crippen molar-refractivity contribution in [1.29, 1.82) is 0 Å². The number of aromatic nitrogens is 8. The van der Waals surface area contributed by atoms with Crippen LogP contribution in [0, 0.1) is 27.7 Å². The number of aliphatic hydroxyl groups excluding tert-OH is 4. The molecule has 16 rings (SSSR count). The van der Waals surface area contributed by atoms with Crippen molar-refractivity contribution in [3.63, 3.8) is 0 Å². The number of rotatable bonds is 25. The van der Waals surface area contributed by atoms with Crippen LogP contribution in [-0.2, 0) is 0 Å². The van der Waals surface area contributed by atoms with Crippen molar-refractivity contribution >= 4 is 116 Å². The molecule has 8 fully saturated rings. The Morgan fingerprint density at radius 2 is 0.624 bits per heavy atom. The fourth-order valence-corrected chi connectivity index (χ4v) is 22.9. The summed E-state index contributed by atoms with van der Waals surface area (Å²) in [7, 11) is 0. The first kappa shape index (κ1) is 108. The zero-order chi connectivity index (χ0) is 103. The lowest BCUT2D eigenvalue weighted by atomic mass is 10.1. The monoisotopic (exact) mass is 2040 g/mol. The van der Waals surface area contributed by atoms with Crippen LogP contribution in [0.1, 0.15) is 296 Å². The van der Waals surface area contributed by atoms with Gasteiger partial charge in [0.1, 0.15) is 46.0 Å². The van der Waals surface area contributed by atoms with E-state index >= 15 is 0 Å². The molecule has 4 saturated carbocycles. The summed E-state index contributed by atoms with van der Waals surface area (Å²) >= 11 is 4.13. The lowest BCUT2D eigenvalue weighted by Gasteiger charge is -2.20. The normalized spacial score (nSPS) is 23.8. The molecule has 0 bridgehead atoms. The standard InChI is InChI=1S/C25H33F2N5O3S.3C24H31F2N5O3S/c1-5-14(3)29-19-9-13(2)16(11-28-19)21-20(24(35)32-12-25(26,27)10-15(32)4)31-23(36-21)22(34)30-17-7-6-8-18(17)33;1-12(2)28-18-7-13(3)17(10-27-18)20-19(23(34)31-11-24(25,26)9-14(31)4)30-22(35-20)21(33)29-15-5-6-16(32)8-15;2*1-12(2)28-18-8-13(3)15(10-27-18)20-19(23(34)31-11-24(25,26)9-14(31)4)30-22(35-20)21(33)29-16-6-5-7-17(16)32/h9,11,14-15,17-18,33H,5-8,10,12H2,1-4H3,(H,28,29)(H,30,34);7,10,12,14-16,32H,5-6,8-9,11H2,1-4H3,(H,27,28)(H,29,33);2*8,10,12,14,16-17,32H,5-7,9,11H2,1-4H3,(H,27,28)(H,29,33)/t14-,15+,17+,18+;14-,15-,16-;14-,16+,17+;14-,16-,17-/m1000/s1. The van der Waals surface area contributed by atoms with Crippen LogP contribution in [0.25, 0.3) is 41.8 Å². The minimum atomic E-state index is -2.97. The highest BCUT2D eigenvalue weighted by atomic mass is 32.1. The van der Waals surface area contributed by atoms with Crippen molar-refractivity contribution in [3.8, 4) is 41.8 Å². The molecule has 8 aromatic rings. The number of likely N-dealkylation sites (tertiary alicyclic amines) is 4. The minimum absolute atomic E-state index is 0.0226. The van der Waals surface area contributed by atoms with Crippen LogP contribution in [0.3, 0.4) is 0 Å². The van der Waals surface area contributed by atoms with Crippen LogP contribution >= 0.6 is 45.3 Å². The molecule has 13 atom stereocenters. The van der Waals surface area contributed by atoms with E-state index in [4.69, 9.17) is 0 Å². The fraction of sp³-hybridized carbons (Fsp3) is 0.588. The third-order valence-electron chi connectivity index (χ3n) is 26.1. The molecule has 0 aromatic carbocycles. The molecule has 766 valence electrons. The van der Waals surface area contributed by atoms with Crippen molar-refractivity contribution in [2.45, 2.75) is 341 Å². The van der Waals surface area contributed by atoms with Gasteiger partial charge in [0, 0.05) is 127 Å². The number of carbonyl (C=O) groups excluding carboxylic acids is 8. The SMILES string of the molecule is CC[C@@H](C)Nc1cc(C)c(-c2sc(C(=O)N[C@H]3CCC[C@@H]3O)nc2C(=O)N2CC(F)(F)C[C@@H]2C)cn1.Cc1cc(NC(C)C)ncc1-c1sc(C(=O)N[C@@H]2CCC[C@H]2O)nc1C(=O)N1CC(F)(F)C[C@@H]1C.Cc1cc(NC(C)C)ncc1-c1sc(C(=O)N[C@H]2CCC[C@@H]2O)nc1C(=O)N1CC(F)(F)C[C@@H]1C.Cc1cc(NC(C)C)ncc1-c1sc(C(=O)N[C@H]2CC[C@H](O)C2)nc1C(=O)N1CC(F)(F)C[C@@H]1C. The molecule has 12 N–H and O–H groups in total. The van der Waals surface area contributed by atoms with Gasteiger partial charge in [-0.15, -0.1) is 45.3 Å². The molecule has 0 spiro atoms. The number of aryl methyl sites for hydroxylation is 4. The third kappa shape index (κ3) is 26.3. The number of anilines is 4. The summed E-state index contributed by atoms with van der Waals surface area (Å²) in [4.78, 5) is 147. The van der Waals surface area contributed by atoms with E-state index in [0.29, 0.717) is 123 Å². The lowest BCUT2D eigenvalue weighted by Crippen LogP contribution is -2.40. The quantitative estimate of drug-likeness (QED) is 0.0236. The van der Waals surface area contributed by atoms with Gasteiger partial charge in [-0.2, -0.15) is 0 Å². The molecule has 141 heavy (non-hydrogen) atoms. The number of amides is 8. The summed E-state index contributed by atoms with van der Waals surface area (Å²) in [6.45, 7) is 27.1. The van der Waals surface area contributed by atoms with Gasteiger partial charge < -0.3 is 82.6 Å². The van der Waals surface area contributed by atoms with E-state index in [2.05, 4.69) is 89.3 Å². The van der Waals surface area contributed by atoms with Gasteiger partial charge in [-0.3, -0.25) is 38.4 Å². The van der Waals surface area contributed by atoms with Gasteiger partial charge in [-0.05, 0) is 234 Å². The Morgan fingerprint density at radius 1 is 0.376 bits per heavy atom. The van der Waals surface area contributed by atoms with E-state index in [1.807, 2.05) is 100 Å². The second kappa shape index (κ2) is 44.7. The van der Waals surface area contributed by atoms with Crippen molar-refractivity contribution < 1.29 is 93.9 Å². The Labute approximate surface area is 829 Å². The van der Waals surface area contributed by atoms with Crippen molar-refractivity contribution in [2.75, 3.05) is 47.4 Å². The molecule has 0 radical (unpaired) electrons. The van der Waals surface area contributed by atoms with Crippen LogP contribution in [0.4, 0.5) is 58.4 Å². The van der Waals surface area contributed by atoms with Crippen LogP contribution < -0.4 is 42.5 Å². The molecule has 4 saturated heterocycles. The Bertz CT molecular complexity index is 5730. The average Bonchev–Trinajstić information content (AvgIpc) is 1.63. The summed E-state index contributed by atoms with van der Waals surface area (Å²) in [6, 6.07) is 4.19. The van der Waals surface area contributed by atoms with Crippen LogP contribution in [0.15, 0.2) is 49.1 Å². The molecule has 4 aliphatic heterocycles. The Hall–Kier alpha value is -10.6. The Balaban J connectivity index is 0.000000158. The van der Waals surface area contributed by atoms with Crippen molar-refractivity contribution in [2.24, 2.45) is 0 Å². The van der Waals surface area contributed by atoms with Gasteiger partial charge in [-0.1, -0.05) is 6.92 Å². The number of carbonyl (C=O) groups is 8. The second-order valence-corrected chi connectivity index (χ2v) is 43.4. The lowest BCUT2D eigenvalue weighted by molar-refractivity contribution is 0.0115. The number of nitrogens with zero attached hydrogens (tertiary/aromatic N) is 12. The number of alkyl halides is 8. The summed E-state index contributed by atoms with van der Waals surface area (Å²) in [6.07, 6.45) is 11.3. The highest BCUT2D eigenvalue weighted by Crippen LogP contribution is 2.45. The Kier molecular flexibility index (Phi) is 34.1. The molecule has 8 aliphatic rings. The maximum atomic E-state index is 14.1. The number of nitrogens with one attached hydrogen (secondary N) is 8. The number of thiazole rings is 4. The first-order chi connectivity index (χ1) is 66.3. The van der Waals surface area contributed by atoms with Gasteiger partial charge in [0.15, 0.2) is 20.0 Å². The number of hydrogen-bond acceptors (Lipinski definition) is 28. The van der Waals surface area contributed by atoms with Gasteiger partial charge in [0.2, 0.25) is 0 Å². The van der Waals surface area contributed by atoms with Crippen molar-refractivity contribution in [1.82, 2.24) is 80.7 Å². The van der Waals surface area contributed by atoms with Gasteiger partial charge in [-0.25, -0.2) is 75.0 Å². The number of halogens is 8. The molecule has 8 aromatic heterocycles. The van der Waals surface area contributed by atoms with E-state index in [9.17, 15) is 93.9 Å².